The Balaban J connectivity index is 1.42. The molecule has 5 rings (SSSR count). The molecule has 51 heavy (non-hydrogen) atoms. The molecule has 6 N–H and O–H groups in total. The summed E-state index contributed by atoms with van der Waals surface area (Å²) in [5, 5.41) is 22.7. The van der Waals surface area contributed by atoms with E-state index in [-0.39, 0.29) is 73.3 Å². The van der Waals surface area contributed by atoms with Crippen LogP contribution in [0.25, 0.3) is 11.2 Å². The van der Waals surface area contributed by atoms with Crippen molar-refractivity contribution in [1.29, 1.82) is 0 Å². The average molecular weight is 729 g/mol. The SMILES string of the molecule is CCOC(=O)CCc1ccccc1OP(=O)(OC[C@H]1O[C@@H](n2cnc3c(N)nc(N)nc32)[C@](C)(O)C1O)Oc1ccccc1CCC(=O)OCC. The van der Waals surface area contributed by atoms with Crippen LogP contribution in [-0.2, 0) is 45.7 Å². The third kappa shape index (κ3) is 8.75. The number of phosphoric ester groups is 1. The van der Waals surface area contributed by atoms with Gasteiger partial charge in [-0.2, -0.15) is 9.97 Å². The van der Waals surface area contributed by atoms with Gasteiger partial charge in [-0.05, 0) is 56.9 Å². The van der Waals surface area contributed by atoms with Crippen LogP contribution in [0.1, 0.15) is 51.0 Å². The fourth-order valence-electron chi connectivity index (χ4n) is 5.52. The zero-order valence-electron chi connectivity index (χ0n) is 28.3. The number of ether oxygens (including phenoxy) is 3. The van der Waals surface area contributed by atoms with Gasteiger partial charge in [0.15, 0.2) is 17.7 Å². The summed E-state index contributed by atoms with van der Waals surface area (Å²) in [6.45, 7) is 4.60. The molecule has 1 aliphatic rings. The van der Waals surface area contributed by atoms with Crippen LogP contribution in [0.15, 0.2) is 54.9 Å². The number of phosphoric acid groups is 1. The first-order valence-electron chi connectivity index (χ1n) is 16.3. The lowest BCUT2D eigenvalue weighted by Crippen LogP contribution is -2.44. The number of aromatic nitrogens is 4. The number of para-hydroxylation sites is 2. The van der Waals surface area contributed by atoms with Crippen molar-refractivity contribution in [2.45, 2.75) is 70.5 Å². The van der Waals surface area contributed by atoms with Crippen LogP contribution in [0, 0.1) is 0 Å². The van der Waals surface area contributed by atoms with Gasteiger partial charge in [0, 0.05) is 12.8 Å². The third-order valence-electron chi connectivity index (χ3n) is 8.04. The van der Waals surface area contributed by atoms with Gasteiger partial charge < -0.3 is 44.9 Å². The van der Waals surface area contributed by atoms with E-state index >= 15 is 0 Å². The molecule has 4 aromatic rings. The molecule has 2 aromatic heterocycles. The van der Waals surface area contributed by atoms with Crippen molar-refractivity contribution in [2.75, 3.05) is 31.3 Å². The Kier molecular flexibility index (Phi) is 11.8. The highest BCUT2D eigenvalue weighted by atomic mass is 31.2. The Bertz CT molecular complexity index is 1830. The van der Waals surface area contributed by atoms with Gasteiger partial charge in [-0.1, -0.05) is 36.4 Å². The summed E-state index contributed by atoms with van der Waals surface area (Å²) in [5.41, 5.74) is 11.2. The van der Waals surface area contributed by atoms with Gasteiger partial charge >= 0.3 is 19.8 Å². The van der Waals surface area contributed by atoms with Crippen LogP contribution in [-0.4, -0.2) is 79.3 Å². The molecule has 0 spiro atoms. The largest absolute Gasteiger partial charge is 0.587 e. The van der Waals surface area contributed by atoms with E-state index in [0.717, 1.165) is 0 Å². The number of aliphatic hydroxyl groups is 2. The minimum Gasteiger partial charge on any atom is -0.466 e. The number of benzene rings is 2. The number of hydrogen-bond acceptors (Lipinski definition) is 16. The van der Waals surface area contributed by atoms with Gasteiger partial charge in [0.2, 0.25) is 5.95 Å². The Morgan fingerprint density at radius 3 is 2.04 bits per heavy atom. The Morgan fingerprint density at radius 1 is 0.941 bits per heavy atom. The predicted molar refractivity (Wildman–Crippen MR) is 182 cm³/mol. The number of anilines is 2. The smallest absolute Gasteiger partial charge is 0.466 e. The molecule has 1 saturated heterocycles. The van der Waals surface area contributed by atoms with Crippen molar-refractivity contribution < 1.29 is 52.1 Å². The van der Waals surface area contributed by atoms with Crippen molar-refractivity contribution in [1.82, 2.24) is 19.5 Å². The van der Waals surface area contributed by atoms with Crippen LogP contribution < -0.4 is 20.5 Å². The zero-order chi connectivity index (χ0) is 36.8. The Morgan fingerprint density at radius 2 is 1.49 bits per heavy atom. The first kappa shape index (κ1) is 37.5. The second-order valence-corrected chi connectivity index (χ2v) is 13.3. The Hall–Kier alpha value is -4.80. The van der Waals surface area contributed by atoms with Crippen molar-refractivity contribution >= 4 is 42.7 Å². The summed E-state index contributed by atoms with van der Waals surface area (Å²) in [6, 6.07) is 13.2. The van der Waals surface area contributed by atoms with Crippen LogP contribution in [0.5, 0.6) is 11.5 Å². The maximum atomic E-state index is 14.6. The maximum absolute atomic E-state index is 14.6. The molecule has 2 aromatic carbocycles. The number of carbonyl (C=O) groups excluding carboxylic acids is 2. The van der Waals surface area contributed by atoms with E-state index in [9.17, 15) is 24.4 Å². The number of rotatable bonds is 16. The second-order valence-electron chi connectivity index (χ2n) is 11.7. The normalized spacial score (nSPS) is 20.3. The topological polar surface area (TPSA) is 243 Å². The summed E-state index contributed by atoms with van der Waals surface area (Å²) in [4.78, 5) is 36.5. The lowest BCUT2D eigenvalue weighted by Gasteiger charge is -2.27. The number of fused-ring (bicyclic) bond motifs is 1. The molecule has 1 unspecified atom stereocenters. The number of nitrogens with two attached hydrogens (primary N) is 2. The lowest BCUT2D eigenvalue weighted by molar-refractivity contribution is -0.144. The quantitative estimate of drug-likeness (QED) is 0.0955. The van der Waals surface area contributed by atoms with Crippen LogP contribution in [0.2, 0.25) is 0 Å². The number of esters is 2. The van der Waals surface area contributed by atoms with Crippen molar-refractivity contribution in [3.8, 4) is 11.5 Å². The van der Waals surface area contributed by atoms with E-state index in [4.69, 9.17) is 39.2 Å². The summed E-state index contributed by atoms with van der Waals surface area (Å²) in [7, 11) is -4.67. The van der Waals surface area contributed by atoms with E-state index in [0.29, 0.717) is 11.1 Å². The molecule has 18 heteroatoms. The fraction of sp³-hybridized carbons (Fsp3) is 0.424. The molecule has 0 bridgehead atoms. The van der Waals surface area contributed by atoms with Crippen molar-refractivity contribution in [2.24, 2.45) is 0 Å². The van der Waals surface area contributed by atoms with Gasteiger partial charge in [0.05, 0.1) is 26.1 Å². The molecule has 3 heterocycles. The third-order valence-corrected chi connectivity index (χ3v) is 9.35. The molecule has 1 aliphatic heterocycles. The predicted octanol–water partition coefficient (Wildman–Crippen LogP) is 3.27. The van der Waals surface area contributed by atoms with Gasteiger partial charge in [0.25, 0.3) is 0 Å². The first-order chi connectivity index (χ1) is 24.3. The maximum Gasteiger partial charge on any atom is 0.587 e. The fourth-order valence-corrected chi connectivity index (χ4v) is 6.83. The lowest BCUT2D eigenvalue weighted by atomic mass is 9.96. The Labute approximate surface area is 293 Å². The molecular formula is C33H41N6O11P. The van der Waals surface area contributed by atoms with E-state index in [2.05, 4.69) is 15.0 Å². The minimum absolute atomic E-state index is 0.00892. The molecule has 0 saturated carbocycles. The van der Waals surface area contributed by atoms with Crippen LogP contribution in [0.4, 0.5) is 11.8 Å². The van der Waals surface area contributed by atoms with Gasteiger partial charge in [-0.3, -0.25) is 18.7 Å². The molecule has 4 atom stereocenters. The number of nitrogen functional groups attached to an aromatic ring is 2. The van der Waals surface area contributed by atoms with Gasteiger partial charge in [0.1, 0.15) is 34.8 Å². The summed E-state index contributed by atoms with van der Waals surface area (Å²) >= 11 is 0. The molecule has 0 aliphatic carbocycles. The molecular weight excluding hydrogens is 687 g/mol. The van der Waals surface area contributed by atoms with E-state index in [1.165, 1.54) is 30.0 Å². The van der Waals surface area contributed by atoms with E-state index < -0.39 is 50.4 Å². The zero-order valence-corrected chi connectivity index (χ0v) is 29.2. The first-order valence-corrected chi connectivity index (χ1v) is 17.7. The minimum atomic E-state index is -4.67. The van der Waals surface area contributed by atoms with Gasteiger partial charge in [-0.15, -0.1) is 0 Å². The number of nitrogens with zero attached hydrogens (tertiary/aromatic N) is 4. The second kappa shape index (κ2) is 16.0. The molecule has 0 radical (unpaired) electrons. The monoisotopic (exact) mass is 728 g/mol. The number of aryl methyl sites for hydroxylation is 2. The molecule has 1 fully saturated rings. The number of carbonyl (C=O) groups is 2. The highest BCUT2D eigenvalue weighted by molar-refractivity contribution is 7.49. The van der Waals surface area contributed by atoms with Crippen LogP contribution >= 0.6 is 7.82 Å². The van der Waals surface area contributed by atoms with Crippen molar-refractivity contribution in [3.05, 3.63) is 66.0 Å². The summed E-state index contributed by atoms with van der Waals surface area (Å²) < 4.78 is 49.9. The summed E-state index contributed by atoms with van der Waals surface area (Å²) in [5.74, 6) is -0.766. The highest BCUT2D eigenvalue weighted by Gasteiger charge is 2.54. The number of hydrogen-bond donors (Lipinski definition) is 4. The number of imidazole rings is 1. The molecule has 17 nitrogen and oxygen atoms in total. The standard InChI is InChI=1S/C33H41N6O11P/c1-4-45-25(40)16-14-20-10-6-8-12-22(20)49-51(44,50-23-13-9-7-11-21(23)15-17-26(41)46-5-2)47-18-24-28(42)33(3,43)31(48-24)39-19-36-27-29(34)37-32(35)38-30(27)39/h6-13,19,24,28,31,42-43H,4-5,14-18H2,1-3H3,(H4,34,35,37,38)/t24-,28?,31-,33-/m1/s1. The summed E-state index contributed by atoms with van der Waals surface area (Å²) in [6.07, 6.45) is -2.39. The van der Waals surface area contributed by atoms with E-state index in [1.807, 2.05) is 0 Å². The average Bonchev–Trinajstić information content (AvgIpc) is 3.60. The molecule has 274 valence electrons. The van der Waals surface area contributed by atoms with Crippen molar-refractivity contribution in [3.63, 3.8) is 0 Å². The van der Waals surface area contributed by atoms with Crippen LogP contribution in [0.3, 0.4) is 0 Å². The number of aliphatic hydroxyl groups excluding tert-OH is 1. The molecule has 0 amide bonds. The van der Waals surface area contributed by atoms with E-state index in [1.54, 1.807) is 50.2 Å². The van der Waals surface area contributed by atoms with Gasteiger partial charge in [-0.25, -0.2) is 9.55 Å². The highest BCUT2D eigenvalue weighted by Crippen LogP contribution is 2.52.